The molecule has 25 heavy (non-hydrogen) atoms. The van der Waals surface area contributed by atoms with Gasteiger partial charge in [0, 0.05) is 0 Å². The van der Waals surface area contributed by atoms with E-state index in [4.69, 9.17) is 15.1 Å². The number of rotatable bonds is 3. The quantitative estimate of drug-likeness (QED) is 0.344. The van der Waals surface area contributed by atoms with Crippen molar-refractivity contribution in [2.24, 2.45) is 0 Å². The second-order valence-corrected chi connectivity index (χ2v) is 4.61. The average molecular weight is 350 g/mol. The van der Waals surface area contributed by atoms with Gasteiger partial charge in [0.25, 0.3) is 0 Å². The molecule has 0 saturated carbocycles. The highest BCUT2D eigenvalue weighted by Gasteiger charge is 1.87. The van der Waals surface area contributed by atoms with Gasteiger partial charge < -0.3 is 15.1 Å². The third-order valence-corrected chi connectivity index (χ3v) is 2.90. The Balaban J connectivity index is 0.000000314. The molecule has 0 bridgehead atoms. The summed E-state index contributed by atoms with van der Waals surface area (Å²) in [4.78, 5) is 8.83. The minimum Gasteiger partial charge on any atom is -0.907 e. The van der Waals surface area contributed by atoms with Crippen molar-refractivity contribution in [2.75, 3.05) is 0 Å². The van der Waals surface area contributed by atoms with Gasteiger partial charge in [-0.2, -0.15) is 0 Å². The summed E-state index contributed by atoms with van der Waals surface area (Å²) in [6, 6.07) is 0. The van der Waals surface area contributed by atoms with E-state index in [0.717, 1.165) is 19.6 Å². The normalized spacial score (nSPS) is 8.88. The molecule has 0 atom stereocenters. The van der Waals surface area contributed by atoms with E-state index in [-0.39, 0.29) is 0 Å². The molecule has 0 saturated heterocycles. The standard InChI is InChI=1S/3C5H8N2.BO3/c3*1-2-7-4-3-6-5-7;2-1(3)4/h3*3-5H,2H2,1H3;/q;;;-3/p+3. The van der Waals surface area contributed by atoms with Crippen LogP contribution >= 0.6 is 0 Å². The predicted octanol–water partition coefficient (Wildman–Crippen LogP) is -2.98. The predicted molar refractivity (Wildman–Crippen MR) is 85.7 cm³/mol. The summed E-state index contributed by atoms with van der Waals surface area (Å²) in [5, 5.41) is 25.2. The van der Waals surface area contributed by atoms with Gasteiger partial charge in [0.05, 0.1) is 19.6 Å². The molecular weight excluding hydrogens is 323 g/mol. The Labute approximate surface area is 148 Å². The molecular formula is C15H27BN6O3. The Kier molecular flexibility index (Phi) is 13.7. The SMILES string of the molecule is CC[n+]1cc[nH]c1.CC[n+]1cc[nH]c1.CC[n+]1cc[nH]c1.[O-]B([O-])[O-]. The van der Waals surface area contributed by atoms with Crippen LogP contribution in [-0.4, -0.2) is 22.3 Å². The summed E-state index contributed by atoms with van der Waals surface area (Å²) in [6.07, 6.45) is 17.5. The van der Waals surface area contributed by atoms with Gasteiger partial charge >= 0.3 is 0 Å². The second kappa shape index (κ2) is 15.1. The molecule has 0 aromatic carbocycles. The largest absolute Gasteiger partial charge is 0.907 e. The molecule has 0 unspecified atom stereocenters. The van der Waals surface area contributed by atoms with Gasteiger partial charge in [-0.1, -0.05) is 0 Å². The number of imidazole rings is 3. The number of nitrogens with zero attached hydrogens (tertiary/aromatic N) is 3. The van der Waals surface area contributed by atoms with Gasteiger partial charge in [0.15, 0.2) is 0 Å². The number of hydrogen-bond donors (Lipinski definition) is 3. The number of nitrogens with one attached hydrogen (secondary N) is 3. The molecule has 3 N–H and O–H groups in total. The van der Waals surface area contributed by atoms with E-state index in [1.54, 1.807) is 0 Å². The Bertz CT molecular complexity index is 501. The maximum atomic E-state index is 8.42. The molecule has 3 heterocycles. The van der Waals surface area contributed by atoms with Crippen molar-refractivity contribution in [1.29, 1.82) is 0 Å². The zero-order chi connectivity index (χ0) is 18.9. The van der Waals surface area contributed by atoms with E-state index in [1.807, 2.05) is 56.2 Å². The smallest absolute Gasteiger partial charge is 0.241 e. The molecule has 0 aliphatic rings. The number of aromatic amines is 3. The highest BCUT2D eigenvalue weighted by atomic mass is 16.5. The monoisotopic (exact) mass is 350 g/mol. The maximum absolute atomic E-state index is 8.42. The molecule has 3 aromatic rings. The number of aromatic nitrogens is 6. The molecule has 9 nitrogen and oxygen atoms in total. The summed E-state index contributed by atoms with van der Waals surface area (Å²) in [6.45, 7) is 9.45. The van der Waals surface area contributed by atoms with Crippen LogP contribution in [0.3, 0.4) is 0 Å². The van der Waals surface area contributed by atoms with Crippen LogP contribution in [0.25, 0.3) is 0 Å². The van der Waals surface area contributed by atoms with Crippen molar-refractivity contribution in [3.05, 3.63) is 56.2 Å². The number of hydrogen-bond acceptors (Lipinski definition) is 3. The highest BCUT2D eigenvalue weighted by molar-refractivity contribution is 6.24. The van der Waals surface area contributed by atoms with Crippen molar-refractivity contribution in [2.45, 2.75) is 40.4 Å². The highest BCUT2D eigenvalue weighted by Crippen LogP contribution is 1.67. The minimum absolute atomic E-state index is 1.05. The fourth-order valence-corrected chi connectivity index (χ4v) is 1.55. The van der Waals surface area contributed by atoms with Crippen LogP contribution in [0.1, 0.15) is 20.8 Å². The van der Waals surface area contributed by atoms with Gasteiger partial charge in [0.2, 0.25) is 19.0 Å². The minimum atomic E-state index is -2.92. The molecule has 0 spiro atoms. The van der Waals surface area contributed by atoms with E-state index < -0.39 is 7.32 Å². The van der Waals surface area contributed by atoms with Crippen LogP contribution in [0.5, 0.6) is 0 Å². The molecule has 0 fully saturated rings. The van der Waals surface area contributed by atoms with E-state index in [2.05, 4.69) is 49.4 Å². The topological polar surface area (TPSA) is 128 Å². The number of aryl methyl sites for hydroxylation is 3. The molecule has 138 valence electrons. The fourth-order valence-electron chi connectivity index (χ4n) is 1.55. The molecule has 0 aliphatic heterocycles. The number of H-pyrrole nitrogens is 3. The Hall–Kier alpha value is -2.43. The molecule has 10 heteroatoms. The Morgan fingerprint density at radius 3 is 0.960 bits per heavy atom. The fraction of sp³-hybridized carbons (Fsp3) is 0.400. The van der Waals surface area contributed by atoms with Gasteiger partial charge in [-0.3, -0.25) is 22.3 Å². The van der Waals surface area contributed by atoms with Crippen LogP contribution < -0.4 is 28.8 Å². The summed E-state index contributed by atoms with van der Waals surface area (Å²) >= 11 is 0. The lowest BCUT2D eigenvalue weighted by atomic mass is 10.3. The summed E-state index contributed by atoms with van der Waals surface area (Å²) in [5.41, 5.74) is 0. The zero-order valence-corrected chi connectivity index (χ0v) is 15.0. The first kappa shape index (κ1) is 22.6. The lowest BCUT2D eigenvalue weighted by Gasteiger charge is -2.35. The van der Waals surface area contributed by atoms with E-state index >= 15 is 0 Å². The maximum Gasteiger partial charge on any atom is 0.241 e. The first-order chi connectivity index (χ1) is 12.0. The Morgan fingerprint density at radius 1 is 0.640 bits per heavy atom. The van der Waals surface area contributed by atoms with Crippen LogP contribution in [0.2, 0.25) is 0 Å². The van der Waals surface area contributed by atoms with Crippen molar-refractivity contribution < 1.29 is 28.8 Å². The van der Waals surface area contributed by atoms with Crippen LogP contribution in [0.15, 0.2) is 56.2 Å². The average Bonchev–Trinajstić information content (AvgIpc) is 3.39. The zero-order valence-electron chi connectivity index (χ0n) is 15.0. The van der Waals surface area contributed by atoms with Crippen molar-refractivity contribution >= 4 is 7.32 Å². The summed E-state index contributed by atoms with van der Waals surface area (Å²) in [5.74, 6) is 0. The molecule has 3 rings (SSSR count). The van der Waals surface area contributed by atoms with Gasteiger partial charge in [-0.25, -0.2) is 13.7 Å². The molecule has 3 aromatic heterocycles. The second-order valence-electron chi connectivity index (χ2n) is 4.61. The lowest BCUT2D eigenvalue weighted by molar-refractivity contribution is -0.692. The van der Waals surface area contributed by atoms with Gasteiger partial charge in [0.1, 0.15) is 37.2 Å². The van der Waals surface area contributed by atoms with Crippen molar-refractivity contribution in [3.63, 3.8) is 0 Å². The first-order valence-electron chi connectivity index (χ1n) is 8.06. The van der Waals surface area contributed by atoms with E-state index in [0.29, 0.717) is 0 Å². The van der Waals surface area contributed by atoms with Crippen LogP contribution in [-0.2, 0) is 19.6 Å². The van der Waals surface area contributed by atoms with Crippen LogP contribution in [0, 0.1) is 0 Å². The van der Waals surface area contributed by atoms with Gasteiger partial charge in [-0.15, -0.1) is 0 Å². The molecule has 0 amide bonds. The molecule has 0 radical (unpaired) electrons. The van der Waals surface area contributed by atoms with Crippen molar-refractivity contribution in [1.82, 2.24) is 15.0 Å². The van der Waals surface area contributed by atoms with E-state index in [1.165, 1.54) is 0 Å². The third kappa shape index (κ3) is 13.7. The third-order valence-electron chi connectivity index (χ3n) is 2.90. The Morgan fingerprint density at radius 2 is 0.880 bits per heavy atom. The van der Waals surface area contributed by atoms with E-state index in [9.17, 15) is 0 Å². The molecule has 0 aliphatic carbocycles. The van der Waals surface area contributed by atoms with Gasteiger partial charge in [-0.05, 0) is 20.8 Å². The summed E-state index contributed by atoms with van der Waals surface area (Å²) in [7, 11) is -2.92. The first-order valence-corrected chi connectivity index (χ1v) is 8.06. The van der Waals surface area contributed by atoms with Crippen molar-refractivity contribution in [3.8, 4) is 0 Å². The summed E-state index contributed by atoms with van der Waals surface area (Å²) < 4.78 is 6.21. The van der Waals surface area contributed by atoms with Crippen LogP contribution in [0.4, 0.5) is 0 Å². The lowest BCUT2D eigenvalue weighted by Crippen LogP contribution is -2.56.